The van der Waals surface area contributed by atoms with Crippen LogP contribution < -0.4 is 0 Å². The molecule has 0 saturated heterocycles. The van der Waals surface area contributed by atoms with Crippen molar-refractivity contribution in [1.82, 2.24) is 0 Å². The average molecular weight is 533 g/mol. The summed E-state index contributed by atoms with van der Waals surface area (Å²) in [4.78, 5) is 0. The standard InChI is InChI=1S/C38H76/c1-12-19-22-28-38(10,11)36(31-37(8,9)27-15-4)30-35(26-25-32(16-5)23-20-13-2)34(18-7)29-33(17-6)24-21-14-3/h18,32-36H,7,12-17,19-31H2,1-6,8-11H3. The summed E-state index contributed by atoms with van der Waals surface area (Å²) < 4.78 is 0. The summed E-state index contributed by atoms with van der Waals surface area (Å²) >= 11 is 0. The molecule has 5 atom stereocenters. The summed E-state index contributed by atoms with van der Waals surface area (Å²) in [5, 5.41) is 0. The molecule has 0 radical (unpaired) electrons. The van der Waals surface area contributed by atoms with E-state index in [1.54, 1.807) is 0 Å². The molecule has 0 spiro atoms. The maximum Gasteiger partial charge on any atom is -0.0205 e. The summed E-state index contributed by atoms with van der Waals surface area (Å²) in [7, 11) is 0. The number of allylic oxidation sites excluding steroid dienone is 1. The normalized spacial score (nSPS) is 16.7. The Hall–Kier alpha value is -0.260. The quantitative estimate of drug-likeness (QED) is 0.0767. The number of hydrogen-bond acceptors (Lipinski definition) is 0. The Balaban J connectivity index is 6.07. The molecule has 0 amide bonds. The Morgan fingerprint density at radius 3 is 1.68 bits per heavy atom. The van der Waals surface area contributed by atoms with Gasteiger partial charge in [0.15, 0.2) is 0 Å². The van der Waals surface area contributed by atoms with Gasteiger partial charge in [-0.2, -0.15) is 0 Å². The minimum Gasteiger partial charge on any atom is -0.103 e. The van der Waals surface area contributed by atoms with Gasteiger partial charge in [0.05, 0.1) is 0 Å². The van der Waals surface area contributed by atoms with Crippen LogP contribution >= 0.6 is 0 Å². The fourth-order valence-electron chi connectivity index (χ4n) is 7.37. The van der Waals surface area contributed by atoms with Gasteiger partial charge in [-0.1, -0.05) is 159 Å². The lowest BCUT2D eigenvalue weighted by Gasteiger charge is -2.43. The van der Waals surface area contributed by atoms with E-state index in [4.69, 9.17) is 0 Å². The molecule has 0 aromatic carbocycles. The van der Waals surface area contributed by atoms with Crippen molar-refractivity contribution in [3.63, 3.8) is 0 Å². The predicted octanol–water partition coefficient (Wildman–Crippen LogP) is 13.8. The first-order chi connectivity index (χ1) is 18.0. The van der Waals surface area contributed by atoms with Gasteiger partial charge in [-0.05, 0) is 78.9 Å². The molecule has 0 aliphatic heterocycles. The van der Waals surface area contributed by atoms with E-state index in [0.29, 0.717) is 16.7 Å². The maximum atomic E-state index is 4.48. The van der Waals surface area contributed by atoms with Crippen molar-refractivity contribution in [1.29, 1.82) is 0 Å². The molecule has 5 unspecified atom stereocenters. The van der Waals surface area contributed by atoms with Crippen LogP contribution in [-0.2, 0) is 0 Å². The Kier molecular flexibility index (Phi) is 21.3. The molecule has 0 rings (SSSR count). The van der Waals surface area contributed by atoms with Crippen molar-refractivity contribution in [2.24, 2.45) is 40.4 Å². The van der Waals surface area contributed by atoms with Gasteiger partial charge in [0, 0.05) is 0 Å². The second-order valence-corrected chi connectivity index (χ2v) is 14.8. The third-order valence-electron chi connectivity index (χ3n) is 10.4. The zero-order chi connectivity index (χ0) is 29.0. The summed E-state index contributed by atoms with van der Waals surface area (Å²) in [6.45, 7) is 29.2. The first-order valence-electron chi connectivity index (χ1n) is 17.7. The van der Waals surface area contributed by atoms with E-state index in [1.807, 2.05) is 0 Å². The third kappa shape index (κ3) is 16.1. The second-order valence-electron chi connectivity index (χ2n) is 14.8. The Labute approximate surface area is 244 Å². The fraction of sp³-hybridized carbons (Fsp3) is 0.947. The highest BCUT2D eigenvalue weighted by atomic mass is 14.4. The van der Waals surface area contributed by atoms with Gasteiger partial charge in [0.2, 0.25) is 0 Å². The van der Waals surface area contributed by atoms with Gasteiger partial charge in [-0.15, -0.1) is 6.58 Å². The molecule has 0 nitrogen and oxygen atoms in total. The van der Waals surface area contributed by atoms with Crippen LogP contribution in [0.25, 0.3) is 0 Å². The molecular formula is C38H76. The van der Waals surface area contributed by atoms with E-state index in [2.05, 4.69) is 81.9 Å². The van der Waals surface area contributed by atoms with Crippen molar-refractivity contribution in [2.45, 2.75) is 191 Å². The number of unbranched alkanes of at least 4 members (excludes halogenated alkanes) is 4. The zero-order valence-electron chi connectivity index (χ0n) is 28.6. The Morgan fingerprint density at radius 1 is 0.605 bits per heavy atom. The highest BCUT2D eigenvalue weighted by molar-refractivity contribution is 4.92. The van der Waals surface area contributed by atoms with Crippen LogP contribution in [-0.4, -0.2) is 0 Å². The Morgan fingerprint density at radius 2 is 1.18 bits per heavy atom. The van der Waals surface area contributed by atoms with Gasteiger partial charge in [0.25, 0.3) is 0 Å². The van der Waals surface area contributed by atoms with Crippen molar-refractivity contribution < 1.29 is 0 Å². The summed E-state index contributed by atoms with van der Waals surface area (Å²) in [6.07, 6.45) is 28.6. The monoisotopic (exact) mass is 533 g/mol. The molecule has 0 aliphatic carbocycles. The van der Waals surface area contributed by atoms with Gasteiger partial charge >= 0.3 is 0 Å². The lowest BCUT2D eigenvalue weighted by atomic mass is 9.62. The Bertz CT molecular complexity index is 540. The van der Waals surface area contributed by atoms with Crippen LogP contribution in [0, 0.1) is 40.4 Å². The molecule has 0 aromatic heterocycles. The zero-order valence-corrected chi connectivity index (χ0v) is 28.6. The third-order valence-corrected chi connectivity index (χ3v) is 10.4. The van der Waals surface area contributed by atoms with Crippen molar-refractivity contribution in [2.75, 3.05) is 0 Å². The first kappa shape index (κ1) is 37.7. The molecule has 0 fully saturated rings. The topological polar surface area (TPSA) is 0 Å². The average Bonchev–Trinajstić information content (AvgIpc) is 2.87. The van der Waals surface area contributed by atoms with E-state index >= 15 is 0 Å². The van der Waals surface area contributed by atoms with Crippen LogP contribution in [0.4, 0.5) is 0 Å². The molecule has 0 N–H and O–H groups in total. The number of hydrogen-bond donors (Lipinski definition) is 0. The van der Waals surface area contributed by atoms with Crippen LogP contribution in [0.2, 0.25) is 0 Å². The summed E-state index contributed by atoms with van der Waals surface area (Å²) in [5.74, 6) is 4.07. The van der Waals surface area contributed by atoms with Crippen LogP contribution in [0.3, 0.4) is 0 Å². The maximum absolute atomic E-state index is 4.48. The van der Waals surface area contributed by atoms with Gasteiger partial charge in [-0.3, -0.25) is 0 Å². The van der Waals surface area contributed by atoms with Crippen LogP contribution in [0.1, 0.15) is 191 Å². The largest absolute Gasteiger partial charge is 0.103 e. The van der Waals surface area contributed by atoms with E-state index < -0.39 is 0 Å². The van der Waals surface area contributed by atoms with Gasteiger partial charge in [0.1, 0.15) is 0 Å². The van der Waals surface area contributed by atoms with E-state index in [0.717, 1.165) is 23.7 Å². The van der Waals surface area contributed by atoms with E-state index in [9.17, 15) is 0 Å². The molecular weight excluding hydrogens is 456 g/mol. The highest BCUT2D eigenvalue weighted by Crippen LogP contribution is 2.47. The number of rotatable bonds is 26. The molecule has 0 heteroatoms. The molecule has 228 valence electrons. The smallest absolute Gasteiger partial charge is 0.0205 e. The van der Waals surface area contributed by atoms with Crippen LogP contribution in [0.15, 0.2) is 12.7 Å². The first-order valence-corrected chi connectivity index (χ1v) is 17.7. The van der Waals surface area contributed by atoms with Gasteiger partial charge < -0.3 is 0 Å². The lowest BCUT2D eigenvalue weighted by molar-refractivity contribution is 0.0814. The molecule has 0 aromatic rings. The molecule has 0 bridgehead atoms. The van der Waals surface area contributed by atoms with E-state index in [-0.39, 0.29) is 0 Å². The second kappa shape index (κ2) is 21.5. The van der Waals surface area contributed by atoms with Crippen molar-refractivity contribution in [3.8, 4) is 0 Å². The van der Waals surface area contributed by atoms with Crippen molar-refractivity contribution in [3.05, 3.63) is 12.7 Å². The molecule has 0 saturated carbocycles. The SMILES string of the molecule is C=CC(CC(CC)CCCC)C(CCC(CC)CCCC)CC(CC(C)(C)CCC)C(C)(C)CCCCC. The van der Waals surface area contributed by atoms with Crippen LogP contribution in [0.5, 0.6) is 0 Å². The van der Waals surface area contributed by atoms with Gasteiger partial charge in [-0.25, -0.2) is 0 Å². The molecule has 38 heavy (non-hydrogen) atoms. The summed E-state index contributed by atoms with van der Waals surface area (Å²) in [5.41, 5.74) is 0.860. The lowest BCUT2D eigenvalue weighted by Crippen LogP contribution is -2.33. The highest BCUT2D eigenvalue weighted by Gasteiger charge is 2.36. The summed E-state index contributed by atoms with van der Waals surface area (Å²) in [6, 6.07) is 0. The van der Waals surface area contributed by atoms with E-state index in [1.165, 1.54) is 122 Å². The predicted molar refractivity (Wildman–Crippen MR) is 177 cm³/mol. The minimum atomic E-state index is 0.420. The van der Waals surface area contributed by atoms with Crippen molar-refractivity contribution >= 4 is 0 Å². The fourth-order valence-corrected chi connectivity index (χ4v) is 7.37. The minimum absolute atomic E-state index is 0.420. The molecule has 0 aliphatic rings. The molecule has 0 heterocycles.